The summed E-state index contributed by atoms with van der Waals surface area (Å²) in [4.78, 5) is 26.9. The molecule has 0 saturated heterocycles. The number of aromatic carboxylic acids is 1. The molecule has 0 atom stereocenters. The SMILES string of the molecule is Cc1[nH]c(C(=O)O)c(C)c1C(=O)NCc1cccs1. The molecule has 0 aliphatic carbocycles. The van der Waals surface area contributed by atoms with Crippen molar-refractivity contribution < 1.29 is 14.7 Å². The van der Waals surface area contributed by atoms with Crippen LogP contribution in [0.25, 0.3) is 0 Å². The highest BCUT2D eigenvalue weighted by Crippen LogP contribution is 2.18. The van der Waals surface area contributed by atoms with E-state index < -0.39 is 5.97 Å². The van der Waals surface area contributed by atoms with Gasteiger partial charge in [0.25, 0.3) is 5.91 Å². The van der Waals surface area contributed by atoms with Gasteiger partial charge in [-0.05, 0) is 30.9 Å². The highest BCUT2D eigenvalue weighted by Gasteiger charge is 2.21. The number of H-pyrrole nitrogens is 1. The van der Waals surface area contributed by atoms with Crippen LogP contribution in [0.4, 0.5) is 0 Å². The monoisotopic (exact) mass is 278 g/mol. The third-order valence-corrected chi connectivity index (χ3v) is 3.76. The predicted octanol–water partition coefficient (Wildman–Crippen LogP) is 2.32. The molecular weight excluding hydrogens is 264 g/mol. The molecule has 0 unspecified atom stereocenters. The van der Waals surface area contributed by atoms with Gasteiger partial charge in [0.1, 0.15) is 5.69 Å². The van der Waals surface area contributed by atoms with Crippen LogP contribution in [0.5, 0.6) is 0 Å². The normalized spacial score (nSPS) is 10.4. The van der Waals surface area contributed by atoms with Gasteiger partial charge in [0.2, 0.25) is 0 Å². The number of amides is 1. The number of carbonyl (C=O) groups excluding carboxylic acids is 1. The molecule has 0 aliphatic heterocycles. The minimum absolute atomic E-state index is 0.0683. The van der Waals surface area contributed by atoms with E-state index in [2.05, 4.69) is 10.3 Å². The van der Waals surface area contributed by atoms with Crippen molar-refractivity contribution in [1.82, 2.24) is 10.3 Å². The van der Waals surface area contributed by atoms with Crippen molar-refractivity contribution in [2.24, 2.45) is 0 Å². The first-order chi connectivity index (χ1) is 9.00. The van der Waals surface area contributed by atoms with Gasteiger partial charge < -0.3 is 15.4 Å². The Balaban J connectivity index is 2.17. The van der Waals surface area contributed by atoms with Gasteiger partial charge in [-0.2, -0.15) is 0 Å². The molecule has 2 rings (SSSR count). The topological polar surface area (TPSA) is 82.2 Å². The lowest BCUT2D eigenvalue weighted by atomic mass is 10.1. The van der Waals surface area contributed by atoms with Gasteiger partial charge in [-0.15, -0.1) is 11.3 Å². The molecule has 100 valence electrons. The lowest BCUT2D eigenvalue weighted by Crippen LogP contribution is -2.23. The van der Waals surface area contributed by atoms with Crippen molar-refractivity contribution in [3.63, 3.8) is 0 Å². The summed E-state index contributed by atoms with van der Waals surface area (Å²) in [5, 5.41) is 13.7. The minimum Gasteiger partial charge on any atom is -0.477 e. The van der Waals surface area contributed by atoms with Gasteiger partial charge in [-0.3, -0.25) is 4.79 Å². The Morgan fingerprint density at radius 3 is 2.68 bits per heavy atom. The number of hydrogen-bond acceptors (Lipinski definition) is 3. The van der Waals surface area contributed by atoms with E-state index in [1.165, 1.54) is 0 Å². The van der Waals surface area contributed by atoms with E-state index in [1.807, 2.05) is 17.5 Å². The van der Waals surface area contributed by atoms with Crippen molar-refractivity contribution in [1.29, 1.82) is 0 Å². The second-order valence-corrected chi connectivity index (χ2v) is 5.22. The van der Waals surface area contributed by atoms with Crippen LogP contribution in [0.15, 0.2) is 17.5 Å². The lowest BCUT2D eigenvalue weighted by molar-refractivity contribution is 0.0690. The first-order valence-electron chi connectivity index (χ1n) is 5.73. The van der Waals surface area contributed by atoms with Gasteiger partial charge >= 0.3 is 5.97 Å². The zero-order valence-corrected chi connectivity index (χ0v) is 11.4. The number of carboxylic acid groups (broad SMARTS) is 1. The van der Waals surface area contributed by atoms with Crippen molar-refractivity contribution in [2.75, 3.05) is 0 Å². The van der Waals surface area contributed by atoms with Gasteiger partial charge in [0, 0.05) is 10.6 Å². The number of thiophene rings is 1. The molecule has 0 spiro atoms. The van der Waals surface area contributed by atoms with Crippen LogP contribution >= 0.6 is 11.3 Å². The molecule has 0 bridgehead atoms. The molecule has 0 saturated carbocycles. The standard InChI is InChI=1S/C13H14N2O3S/c1-7-10(8(2)15-11(7)13(17)18)12(16)14-6-9-4-3-5-19-9/h3-5,15H,6H2,1-2H3,(H,14,16)(H,17,18). The number of aryl methyl sites for hydroxylation is 1. The lowest BCUT2D eigenvalue weighted by Gasteiger charge is -2.04. The Labute approximate surface area is 114 Å². The van der Waals surface area contributed by atoms with E-state index >= 15 is 0 Å². The highest BCUT2D eigenvalue weighted by molar-refractivity contribution is 7.09. The van der Waals surface area contributed by atoms with Gasteiger partial charge in [0.15, 0.2) is 0 Å². The molecule has 6 heteroatoms. The third kappa shape index (κ3) is 2.68. The van der Waals surface area contributed by atoms with Crippen LogP contribution in [0.3, 0.4) is 0 Å². The second-order valence-electron chi connectivity index (χ2n) is 4.19. The third-order valence-electron chi connectivity index (χ3n) is 2.88. The van der Waals surface area contributed by atoms with Crippen molar-refractivity contribution in [2.45, 2.75) is 20.4 Å². The molecule has 1 amide bonds. The molecular formula is C13H14N2O3S. The average molecular weight is 278 g/mol. The van der Waals surface area contributed by atoms with Crippen LogP contribution in [0, 0.1) is 13.8 Å². The Morgan fingerprint density at radius 2 is 2.16 bits per heavy atom. The summed E-state index contributed by atoms with van der Waals surface area (Å²) in [5.74, 6) is -1.31. The number of carbonyl (C=O) groups is 2. The fourth-order valence-electron chi connectivity index (χ4n) is 1.97. The van der Waals surface area contributed by atoms with Crippen LogP contribution in [0.1, 0.15) is 37.0 Å². The molecule has 2 aromatic rings. The molecule has 3 N–H and O–H groups in total. The summed E-state index contributed by atoms with van der Waals surface area (Å²) in [6, 6.07) is 3.85. The van der Waals surface area contributed by atoms with Gasteiger partial charge in [-0.1, -0.05) is 6.07 Å². The van der Waals surface area contributed by atoms with E-state index in [0.717, 1.165) is 4.88 Å². The van der Waals surface area contributed by atoms with E-state index in [-0.39, 0.29) is 11.6 Å². The Morgan fingerprint density at radius 1 is 1.42 bits per heavy atom. The van der Waals surface area contributed by atoms with E-state index in [9.17, 15) is 9.59 Å². The zero-order valence-electron chi connectivity index (χ0n) is 10.6. The molecule has 2 aromatic heterocycles. The average Bonchev–Trinajstić information content (AvgIpc) is 2.94. The Bertz CT molecular complexity index is 614. The molecule has 19 heavy (non-hydrogen) atoms. The number of nitrogens with one attached hydrogen (secondary N) is 2. The number of aromatic nitrogens is 1. The maximum absolute atomic E-state index is 12.1. The zero-order chi connectivity index (χ0) is 14.0. The maximum Gasteiger partial charge on any atom is 0.352 e. The van der Waals surface area contributed by atoms with E-state index in [1.54, 1.807) is 25.2 Å². The highest BCUT2D eigenvalue weighted by atomic mass is 32.1. The number of rotatable bonds is 4. The summed E-state index contributed by atoms with van der Waals surface area (Å²) in [7, 11) is 0. The van der Waals surface area contributed by atoms with E-state index in [0.29, 0.717) is 23.4 Å². The number of carboxylic acids is 1. The van der Waals surface area contributed by atoms with Gasteiger partial charge in [0.05, 0.1) is 12.1 Å². The Kier molecular flexibility index (Phi) is 3.71. The van der Waals surface area contributed by atoms with Crippen LogP contribution < -0.4 is 5.32 Å². The fraction of sp³-hybridized carbons (Fsp3) is 0.231. The summed E-state index contributed by atoms with van der Waals surface area (Å²) in [6.07, 6.45) is 0. The summed E-state index contributed by atoms with van der Waals surface area (Å²) >= 11 is 1.56. The minimum atomic E-state index is -1.06. The van der Waals surface area contributed by atoms with Crippen molar-refractivity contribution in [3.8, 4) is 0 Å². The maximum atomic E-state index is 12.1. The molecule has 0 aliphatic rings. The van der Waals surface area contributed by atoms with E-state index in [4.69, 9.17) is 5.11 Å². The predicted molar refractivity (Wildman–Crippen MR) is 72.7 cm³/mol. The van der Waals surface area contributed by atoms with Crippen molar-refractivity contribution in [3.05, 3.63) is 44.9 Å². The molecule has 2 heterocycles. The summed E-state index contributed by atoms with van der Waals surface area (Å²) < 4.78 is 0. The van der Waals surface area contributed by atoms with Crippen LogP contribution in [-0.4, -0.2) is 22.0 Å². The van der Waals surface area contributed by atoms with Crippen LogP contribution in [0.2, 0.25) is 0 Å². The van der Waals surface area contributed by atoms with Crippen LogP contribution in [-0.2, 0) is 6.54 Å². The summed E-state index contributed by atoms with van der Waals surface area (Å²) in [5.41, 5.74) is 1.51. The first kappa shape index (κ1) is 13.4. The number of aromatic amines is 1. The van der Waals surface area contributed by atoms with Gasteiger partial charge in [-0.25, -0.2) is 4.79 Å². The molecule has 0 aromatic carbocycles. The largest absolute Gasteiger partial charge is 0.477 e. The smallest absolute Gasteiger partial charge is 0.352 e. The first-order valence-corrected chi connectivity index (χ1v) is 6.61. The molecule has 5 nitrogen and oxygen atoms in total. The molecule has 0 radical (unpaired) electrons. The fourth-order valence-corrected chi connectivity index (χ4v) is 2.62. The second kappa shape index (κ2) is 5.27. The number of hydrogen-bond donors (Lipinski definition) is 3. The van der Waals surface area contributed by atoms with Crippen molar-refractivity contribution >= 4 is 23.2 Å². The molecule has 0 fully saturated rings. The Hall–Kier alpha value is -2.08. The summed E-state index contributed by atoms with van der Waals surface area (Å²) in [6.45, 7) is 3.77. The quantitative estimate of drug-likeness (QED) is 0.802.